The highest BCUT2D eigenvalue weighted by Crippen LogP contribution is 2.08. The van der Waals surface area contributed by atoms with Crippen molar-refractivity contribution in [2.24, 2.45) is 5.73 Å². The van der Waals surface area contributed by atoms with Gasteiger partial charge in [0.15, 0.2) is 0 Å². The summed E-state index contributed by atoms with van der Waals surface area (Å²) in [5.74, 6) is -0.397. The zero-order valence-electron chi connectivity index (χ0n) is 8.21. The topological polar surface area (TPSA) is 67.2 Å². The van der Waals surface area contributed by atoms with Crippen molar-refractivity contribution < 1.29 is 4.79 Å². The Morgan fingerprint density at radius 3 is 2.43 bits per heavy atom. The van der Waals surface area contributed by atoms with Crippen molar-refractivity contribution in [3.05, 3.63) is 29.8 Å². The van der Waals surface area contributed by atoms with E-state index in [0.29, 0.717) is 5.56 Å². The van der Waals surface area contributed by atoms with Crippen LogP contribution in [-0.2, 0) is 0 Å². The Balaban J connectivity index is 2.51. The lowest BCUT2D eigenvalue weighted by atomic mass is 10.2. The smallest absolute Gasteiger partial charge is 0.248 e. The van der Waals surface area contributed by atoms with E-state index in [9.17, 15) is 4.79 Å². The predicted molar refractivity (Wildman–Crippen MR) is 57.4 cm³/mol. The van der Waals surface area contributed by atoms with Crippen molar-refractivity contribution in [2.75, 3.05) is 25.5 Å². The van der Waals surface area contributed by atoms with Gasteiger partial charge in [-0.05, 0) is 31.3 Å². The number of hydrogen-bond acceptors (Lipinski definition) is 3. The molecular formula is C10H15N3O. The zero-order chi connectivity index (χ0) is 10.4. The number of primary amides is 1. The van der Waals surface area contributed by atoms with E-state index in [-0.39, 0.29) is 0 Å². The van der Waals surface area contributed by atoms with Crippen molar-refractivity contribution in [2.45, 2.75) is 0 Å². The number of nitrogens with one attached hydrogen (secondary N) is 2. The number of benzene rings is 1. The Bertz CT molecular complexity index is 295. The molecule has 0 aliphatic carbocycles. The summed E-state index contributed by atoms with van der Waals surface area (Å²) in [5.41, 5.74) is 6.64. The molecule has 4 N–H and O–H groups in total. The molecule has 0 unspecified atom stereocenters. The SMILES string of the molecule is CNCCNc1ccc(C(N)=O)cc1. The first-order chi connectivity index (χ1) is 6.74. The lowest BCUT2D eigenvalue weighted by molar-refractivity contribution is 0.100. The predicted octanol–water partition coefficient (Wildman–Crippen LogP) is 0.417. The molecule has 0 fully saturated rings. The Kier molecular flexibility index (Phi) is 3.94. The molecule has 4 nitrogen and oxygen atoms in total. The molecule has 76 valence electrons. The number of carbonyl (C=O) groups excluding carboxylic acids is 1. The van der Waals surface area contributed by atoms with Gasteiger partial charge in [-0.15, -0.1) is 0 Å². The fraction of sp³-hybridized carbons (Fsp3) is 0.300. The summed E-state index contributed by atoms with van der Waals surface area (Å²) in [5, 5.41) is 6.23. The van der Waals surface area contributed by atoms with Crippen LogP contribution < -0.4 is 16.4 Å². The summed E-state index contributed by atoms with van der Waals surface area (Å²) in [6.07, 6.45) is 0. The van der Waals surface area contributed by atoms with Crippen LogP contribution in [0.4, 0.5) is 5.69 Å². The van der Waals surface area contributed by atoms with Gasteiger partial charge in [0.25, 0.3) is 0 Å². The number of hydrogen-bond donors (Lipinski definition) is 3. The van der Waals surface area contributed by atoms with Crippen LogP contribution in [0.1, 0.15) is 10.4 Å². The maximum Gasteiger partial charge on any atom is 0.248 e. The first kappa shape index (κ1) is 10.5. The van der Waals surface area contributed by atoms with Crippen LogP contribution in [0.5, 0.6) is 0 Å². The van der Waals surface area contributed by atoms with Gasteiger partial charge in [0, 0.05) is 24.3 Å². The minimum atomic E-state index is -0.397. The van der Waals surface area contributed by atoms with E-state index in [2.05, 4.69) is 10.6 Å². The Labute approximate surface area is 83.5 Å². The first-order valence-corrected chi connectivity index (χ1v) is 4.52. The van der Waals surface area contributed by atoms with Gasteiger partial charge >= 0.3 is 0 Å². The highest BCUT2D eigenvalue weighted by molar-refractivity contribution is 5.93. The summed E-state index contributed by atoms with van der Waals surface area (Å²) in [6.45, 7) is 1.75. The van der Waals surface area contributed by atoms with Gasteiger partial charge in [0.1, 0.15) is 0 Å². The number of likely N-dealkylation sites (N-methyl/N-ethyl adjacent to an activating group) is 1. The van der Waals surface area contributed by atoms with Gasteiger partial charge in [0.2, 0.25) is 5.91 Å². The molecule has 0 aliphatic heterocycles. The normalized spacial score (nSPS) is 9.79. The van der Waals surface area contributed by atoms with Crippen LogP contribution in [0.3, 0.4) is 0 Å². The van der Waals surface area contributed by atoms with Gasteiger partial charge in [-0.2, -0.15) is 0 Å². The second kappa shape index (κ2) is 5.24. The molecule has 1 amide bonds. The van der Waals surface area contributed by atoms with Crippen molar-refractivity contribution in [3.8, 4) is 0 Å². The van der Waals surface area contributed by atoms with Crippen molar-refractivity contribution in [1.29, 1.82) is 0 Å². The van der Waals surface area contributed by atoms with Gasteiger partial charge in [-0.1, -0.05) is 0 Å². The van der Waals surface area contributed by atoms with Crippen LogP contribution in [0.15, 0.2) is 24.3 Å². The number of amides is 1. The summed E-state index contributed by atoms with van der Waals surface area (Å²) in [6, 6.07) is 7.11. The van der Waals surface area contributed by atoms with Gasteiger partial charge in [-0.25, -0.2) is 0 Å². The molecule has 0 spiro atoms. The van der Waals surface area contributed by atoms with E-state index in [1.807, 2.05) is 19.2 Å². The minimum absolute atomic E-state index is 0.397. The molecular weight excluding hydrogens is 178 g/mol. The summed E-state index contributed by atoms with van der Waals surface area (Å²) >= 11 is 0. The van der Waals surface area contributed by atoms with Crippen LogP contribution in [0.25, 0.3) is 0 Å². The lowest BCUT2D eigenvalue weighted by Gasteiger charge is -2.05. The van der Waals surface area contributed by atoms with Crippen LogP contribution in [0.2, 0.25) is 0 Å². The Morgan fingerprint density at radius 1 is 1.29 bits per heavy atom. The molecule has 0 aromatic heterocycles. The molecule has 1 aromatic carbocycles. The quantitative estimate of drug-likeness (QED) is 0.594. The zero-order valence-corrected chi connectivity index (χ0v) is 8.21. The molecule has 0 radical (unpaired) electrons. The molecule has 0 heterocycles. The van der Waals surface area contributed by atoms with Crippen LogP contribution >= 0.6 is 0 Å². The molecule has 0 atom stereocenters. The number of carbonyl (C=O) groups is 1. The van der Waals surface area contributed by atoms with Crippen LogP contribution in [0, 0.1) is 0 Å². The second-order valence-electron chi connectivity index (χ2n) is 2.97. The maximum atomic E-state index is 10.8. The van der Waals surface area contributed by atoms with Gasteiger partial charge in [0.05, 0.1) is 0 Å². The summed E-state index contributed by atoms with van der Waals surface area (Å²) in [7, 11) is 1.90. The average Bonchev–Trinajstić information content (AvgIpc) is 2.19. The van der Waals surface area contributed by atoms with E-state index in [4.69, 9.17) is 5.73 Å². The molecule has 4 heteroatoms. The number of rotatable bonds is 5. The van der Waals surface area contributed by atoms with Crippen molar-refractivity contribution >= 4 is 11.6 Å². The van der Waals surface area contributed by atoms with E-state index < -0.39 is 5.91 Å². The third-order valence-electron chi connectivity index (χ3n) is 1.87. The van der Waals surface area contributed by atoms with Gasteiger partial charge in [-0.3, -0.25) is 4.79 Å². The fourth-order valence-corrected chi connectivity index (χ4v) is 1.08. The molecule has 14 heavy (non-hydrogen) atoms. The Hall–Kier alpha value is -1.55. The molecule has 1 rings (SSSR count). The molecule has 0 aliphatic rings. The third kappa shape index (κ3) is 3.06. The second-order valence-corrected chi connectivity index (χ2v) is 2.97. The van der Waals surface area contributed by atoms with Crippen LogP contribution in [-0.4, -0.2) is 26.0 Å². The van der Waals surface area contributed by atoms with E-state index in [0.717, 1.165) is 18.8 Å². The van der Waals surface area contributed by atoms with Crippen molar-refractivity contribution in [1.82, 2.24) is 5.32 Å². The van der Waals surface area contributed by atoms with E-state index >= 15 is 0 Å². The molecule has 0 saturated carbocycles. The molecule has 1 aromatic rings. The van der Waals surface area contributed by atoms with E-state index in [1.165, 1.54) is 0 Å². The first-order valence-electron chi connectivity index (χ1n) is 4.52. The average molecular weight is 193 g/mol. The summed E-state index contributed by atoms with van der Waals surface area (Å²) < 4.78 is 0. The van der Waals surface area contributed by atoms with Gasteiger partial charge < -0.3 is 16.4 Å². The Morgan fingerprint density at radius 2 is 1.93 bits per heavy atom. The summed E-state index contributed by atoms with van der Waals surface area (Å²) in [4.78, 5) is 10.8. The third-order valence-corrected chi connectivity index (χ3v) is 1.87. The standard InChI is InChI=1S/C10H15N3O/c1-12-6-7-13-9-4-2-8(3-5-9)10(11)14/h2-5,12-13H,6-7H2,1H3,(H2,11,14). The maximum absolute atomic E-state index is 10.8. The number of anilines is 1. The highest BCUT2D eigenvalue weighted by Gasteiger charge is 1.98. The molecule has 0 saturated heterocycles. The monoisotopic (exact) mass is 193 g/mol. The van der Waals surface area contributed by atoms with Crippen molar-refractivity contribution in [3.63, 3.8) is 0 Å². The number of nitrogens with two attached hydrogens (primary N) is 1. The van der Waals surface area contributed by atoms with E-state index in [1.54, 1.807) is 12.1 Å². The lowest BCUT2D eigenvalue weighted by Crippen LogP contribution is -2.17. The highest BCUT2D eigenvalue weighted by atomic mass is 16.1. The molecule has 0 bridgehead atoms. The minimum Gasteiger partial charge on any atom is -0.384 e. The largest absolute Gasteiger partial charge is 0.384 e. The fourth-order valence-electron chi connectivity index (χ4n) is 1.08.